The monoisotopic (exact) mass is 505 g/mol. The molecule has 14 heteroatoms. The van der Waals surface area contributed by atoms with E-state index < -0.39 is 42.5 Å². The van der Waals surface area contributed by atoms with Crippen molar-refractivity contribution >= 4 is 28.5 Å². The zero-order valence-electron chi connectivity index (χ0n) is 18.2. The molecular weight excluding hydrogens is 489 g/mol. The van der Waals surface area contributed by atoms with Gasteiger partial charge in [-0.15, -0.1) is 5.10 Å². The van der Waals surface area contributed by atoms with Crippen LogP contribution in [0.15, 0.2) is 30.5 Å². The fourth-order valence-electron chi connectivity index (χ4n) is 4.78. The normalized spacial score (nSPS) is 22.2. The van der Waals surface area contributed by atoms with Crippen LogP contribution in [0.4, 0.5) is 26.7 Å². The second kappa shape index (κ2) is 7.70. The van der Waals surface area contributed by atoms with Gasteiger partial charge in [0.15, 0.2) is 5.65 Å². The molecule has 0 radical (unpaired) electrons. The predicted octanol–water partition coefficient (Wildman–Crippen LogP) is 3.11. The molecule has 0 spiro atoms. The number of imide groups is 1. The minimum atomic E-state index is -4.57. The summed E-state index contributed by atoms with van der Waals surface area (Å²) in [5, 5.41) is 12.2. The molecule has 36 heavy (non-hydrogen) atoms. The number of nitrogens with one attached hydrogen (secondary N) is 2. The molecule has 1 saturated carbocycles. The number of rotatable bonds is 4. The molecule has 2 fully saturated rings. The lowest BCUT2D eigenvalue weighted by molar-refractivity contribution is -0.142. The van der Waals surface area contributed by atoms with E-state index in [0.717, 1.165) is 10.7 Å². The van der Waals surface area contributed by atoms with Gasteiger partial charge in [-0.3, -0.25) is 14.8 Å². The summed E-state index contributed by atoms with van der Waals surface area (Å²) < 4.78 is 68.9. The molecule has 3 atom stereocenters. The molecule has 1 aliphatic carbocycles. The molecule has 2 N–H and O–H groups in total. The first-order chi connectivity index (χ1) is 17.1. The first-order valence-corrected chi connectivity index (χ1v) is 10.9. The Kier molecular flexibility index (Phi) is 4.78. The van der Waals surface area contributed by atoms with Crippen LogP contribution in [0, 0.1) is 11.9 Å². The highest BCUT2D eigenvalue weighted by Crippen LogP contribution is 2.56. The van der Waals surface area contributed by atoms with Crippen molar-refractivity contribution in [3.8, 4) is 0 Å². The average molecular weight is 505 g/mol. The van der Waals surface area contributed by atoms with E-state index in [2.05, 4.69) is 25.8 Å². The highest BCUT2D eigenvalue weighted by atomic mass is 19.4. The molecule has 1 aliphatic heterocycles. The number of carbonyl (C=O) groups excluding carboxylic acids is 2. The Hall–Kier alpha value is -4.10. The van der Waals surface area contributed by atoms with Gasteiger partial charge in [0, 0.05) is 12.1 Å². The van der Waals surface area contributed by atoms with Crippen LogP contribution in [0.1, 0.15) is 41.0 Å². The number of halogens is 5. The predicted molar refractivity (Wildman–Crippen MR) is 113 cm³/mol. The Morgan fingerprint density at radius 3 is 2.64 bits per heavy atom. The molecule has 6 rings (SSSR count). The van der Waals surface area contributed by atoms with Gasteiger partial charge in [0.2, 0.25) is 17.8 Å². The van der Waals surface area contributed by atoms with Gasteiger partial charge in [-0.1, -0.05) is 6.07 Å². The van der Waals surface area contributed by atoms with Crippen LogP contribution in [0.5, 0.6) is 0 Å². The van der Waals surface area contributed by atoms with Crippen molar-refractivity contribution in [1.82, 2.24) is 35.0 Å². The zero-order chi connectivity index (χ0) is 25.4. The summed E-state index contributed by atoms with van der Waals surface area (Å²) in [6, 6.07) is 5.51. The highest BCUT2D eigenvalue weighted by molar-refractivity contribution is 6.00. The lowest BCUT2D eigenvalue weighted by atomic mass is 9.99. The maximum Gasteiger partial charge on any atom is 0.408 e. The van der Waals surface area contributed by atoms with Gasteiger partial charge in [0.25, 0.3) is 0 Å². The smallest absolute Gasteiger partial charge is 0.337 e. The fraction of sp³-hybridized carbons (Fsp3) is 0.318. The second-order valence-corrected chi connectivity index (χ2v) is 8.88. The first kappa shape index (κ1) is 22.4. The van der Waals surface area contributed by atoms with Crippen molar-refractivity contribution in [3.63, 3.8) is 0 Å². The number of urea groups is 1. The van der Waals surface area contributed by atoms with E-state index in [1.807, 2.05) is 0 Å². The standard InChI is InChI=1S/C22H16F5N7O2/c23-17-7-28-19-13(5-15(31-34(17)19)14-6-29-21(36)30-20(14)35)12-4-11(12)9-1-2-10-16(3-9)33(32-18(10)24)8-22(25,26)27/h1-3,5,7,11-12,14H,4,6,8H2,(H2,29,30,35,36)/t11-,12+,14?/m1/s1. The molecule has 9 nitrogen and oxygen atoms in total. The molecule has 4 aromatic rings. The van der Waals surface area contributed by atoms with Crippen LogP contribution in [0.3, 0.4) is 0 Å². The van der Waals surface area contributed by atoms with E-state index in [0.29, 0.717) is 22.2 Å². The lowest BCUT2D eigenvalue weighted by Gasteiger charge is -2.22. The van der Waals surface area contributed by atoms with Crippen molar-refractivity contribution in [1.29, 1.82) is 0 Å². The van der Waals surface area contributed by atoms with Crippen molar-refractivity contribution < 1.29 is 31.5 Å². The molecular formula is C22H16F5N7O2. The van der Waals surface area contributed by atoms with E-state index in [4.69, 9.17) is 0 Å². The minimum Gasteiger partial charge on any atom is -0.337 e. The largest absolute Gasteiger partial charge is 0.408 e. The molecule has 4 heterocycles. The molecule has 3 aromatic heterocycles. The van der Waals surface area contributed by atoms with Crippen LogP contribution >= 0.6 is 0 Å². The topological polar surface area (TPSA) is 106 Å². The molecule has 2 aliphatic rings. The van der Waals surface area contributed by atoms with E-state index in [-0.39, 0.29) is 40.6 Å². The molecule has 1 saturated heterocycles. The maximum absolute atomic E-state index is 14.4. The van der Waals surface area contributed by atoms with Crippen molar-refractivity contribution in [2.45, 2.75) is 36.9 Å². The van der Waals surface area contributed by atoms with Gasteiger partial charge >= 0.3 is 12.2 Å². The Balaban J connectivity index is 1.37. The molecule has 0 bridgehead atoms. The van der Waals surface area contributed by atoms with E-state index in [1.54, 1.807) is 12.1 Å². The third kappa shape index (κ3) is 3.72. The summed E-state index contributed by atoms with van der Waals surface area (Å²) in [6.45, 7) is -1.44. The van der Waals surface area contributed by atoms with Crippen molar-refractivity contribution in [2.75, 3.05) is 6.54 Å². The van der Waals surface area contributed by atoms with E-state index in [9.17, 15) is 31.5 Å². The molecule has 3 amide bonds. The molecule has 1 unspecified atom stereocenters. The summed E-state index contributed by atoms with van der Waals surface area (Å²) in [6.07, 6.45) is -3.00. The third-order valence-electron chi connectivity index (χ3n) is 6.53. The quantitative estimate of drug-likeness (QED) is 0.415. The van der Waals surface area contributed by atoms with Crippen LogP contribution in [0.25, 0.3) is 16.6 Å². The number of hydrogen-bond donors (Lipinski definition) is 2. The number of benzene rings is 1. The Morgan fingerprint density at radius 1 is 1.08 bits per heavy atom. The SMILES string of the molecule is O=C1NCC(c2cc([C@H]3C[C@@H]3c3ccc4c(F)nn(CC(F)(F)F)c4c3)c3ncc(F)n3n2)C(=O)N1. The Morgan fingerprint density at radius 2 is 1.89 bits per heavy atom. The summed E-state index contributed by atoms with van der Waals surface area (Å²) >= 11 is 0. The zero-order valence-corrected chi connectivity index (χ0v) is 18.2. The number of alkyl halides is 3. The van der Waals surface area contributed by atoms with Crippen LogP contribution < -0.4 is 10.6 Å². The van der Waals surface area contributed by atoms with Crippen LogP contribution in [-0.4, -0.2) is 49.0 Å². The maximum atomic E-state index is 14.4. The summed E-state index contributed by atoms with van der Waals surface area (Å²) in [5.74, 6) is -3.50. The van der Waals surface area contributed by atoms with Gasteiger partial charge in [-0.05, 0) is 42.0 Å². The summed E-state index contributed by atoms with van der Waals surface area (Å²) in [5.41, 5.74) is 1.78. The van der Waals surface area contributed by atoms with Crippen molar-refractivity contribution in [3.05, 3.63) is 59.2 Å². The Bertz CT molecular complexity index is 1560. The van der Waals surface area contributed by atoms with E-state index >= 15 is 0 Å². The molecule has 186 valence electrons. The number of fused-ring (bicyclic) bond motifs is 2. The Labute approximate surface area is 198 Å². The number of aromatic nitrogens is 5. The minimum absolute atomic E-state index is 0.0154. The average Bonchev–Trinajstić information content (AvgIpc) is 3.44. The van der Waals surface area contributed by atoms with Gasteiger partial charge in [0.05, 0.1) is 28.7 Å². The van der Waals surface area contributed by atoms with Crippen LogP contribution in [0.2, 0.25) is 0 Å². The number of imidazole rings is 1. The van der Waals surface area contributed by atoms with Gasteiger partial charge < -0.3 is 5.32 Å². The van der Waals surface area contributed by atoms with E-state index in [1.165, 1.54) is 12.1 Å². The lowest BCUT2D eigenvalue weighted by Crippen LogP contribution is -2.51. The van der Waals surface area contributed by atoms with Gasteiger partial charge in [0.1, 0.15) is 6.54 Å². The van der Waals surface area contributed by atoms with Crippen molar-refractivity contribution in [2.24, 2.45) is 0 Å². The number of nitrogens with zero attached hydrogens (tertiary/aromatic N) is 5. The second-order valence-electron chi connectivity index (χ2n) is 8.88. The number of carbonyl (C=O) groups is 2. The molecule has 1 aromatic carbocycles. The van der Waals surface area contributed by atoms with Gasteiger partial charge in [-0.2, -0.15) is 31.6 Å². The third-order valence-corrected chi connectivity index (χ3v) is 6.53. The first-order valence-electron chi connectivity index (χ1n) is 10.9. The number of hydrogen-bond acceptors (Lipinski definition) is 5. The highest BCUT2D eigenvalue weighted by Gasteiger charge is 2.43. The fourth-order valence-corrected chi connectivity index (χ4v) is 4.78. The van der Waals surface area contributed by atoms with Crippen LogP contribution in [-0.2, 0) is 11.3 Å². The summed E-state index contributed by atoms with van der Waals surface area (Å²) in [4.78, 5) is 27.9. The van der Waals surface area contributed by atoms with Gasteiger partial charge in [-0.25, -0.2) is 9.78 Å². The summed E-state index contributed by atoms with van der Waals surface area (Å²) in [7, 11) is 0. The number of amides is 3.